The van der Waals surface area contributed by atoms with Crippen molar-refractivity contribution >= 4 is 0 Å². The molecule has 0 spiro atoms. The van der Waals surface area contributed by atoms with Crippen LogP contribution in [0.3, 0.4) is 0 Å². The minimum atomic E-state index is 0.724. The number of hydrogen-bond acceptors (Lipinski definition) is 3. The lowest BCUT2D eigenvalue weighted by atomic mass is 10.1. The van der Waals surface area contributed by atoms with E-state index in [0.717, 1.165) is 45.3 Å². The molecule has 3 heteroatoms. The first-order valence-corrected chi connectivity index (χ1v) is 7.27. The zero-order valence-corrected chi connectivity index (χ0v) is 12.2. The van der Waals surface area contributed by atoms with Gasteiger partial charge < -0.3 is 15.0 Å². The lowest BCUT2D eigenvalue weighted by Gasteiger charge is -2.19. The van der Waals surface area contributed by atoms with Gasteiger partial charge in [-0.05, 0) is 37.4 Å². The van der Waals surface area contributed by atoms with E-state index < -0.39 is 0 Å². The van der Waals surface area contributed by atoms with Gasteiger partial charge in [0.15, 0.2) is 0 Å². The van der Waals surface area contributed by atoms with E-state index in [-0.39, 0.29) is 0 Å². The van der Waals surface area contributed by atoms with Crippen molar-refractivity contribution in [3.8, 4) is 0 Å². The number of ether oxygens (including phenoxy) is 1. The van der Waals surface area contributed by atoms with E-state index in [1.807, 2.05) is 0 Å². The molecular formula is C16H26N2O. The second kappa shape index (κ2) is 7.63. The fourth-order valence-corrected chi connectivity index (χ4v) is 2.48. The van der Waals surface area contributed by atoms with E-state index >= 15 is 0 Å². The Labute approximate surface area is 116 Å². The van der Waals surface area contributed by atoms with Gasteiger partial charge in [-0.2, -0.15) is 0 Å². The summed E-state index contributed by atoms with van der Waals surface area (Å²) in [4.78, 5) is 2.38. The van der Waals surface area contributed by atoms with Crippen molar-refractivity contribution in [1.82, 2.24) is 10.2 Å². The summed E-state index contributed by atoms with van der Waals surface area (Å²) in [6, 6.07) is 8.62. The van der Waals surface area contributed by atoms with E-state index in [2.05, 4.69) is 48.5 Å². The lowest BCUT2D eigenvalue weighted by molar-refractivity contribution is 0.185. The predicted octanol–water partition coefficient (Wildman–Crippen LogP) is 2.05. The van der Waals surface area contributed by atoms with Crippen LogP contribution < -0.4 is 5.32 Å². The van der Waals surface area contributed by atoms with Gasteiger partial charge in [0.1, 0.15) is 0 Å². The molecule has 1 aromatic rings. The maximum atomic E-state index is 5.38. The lowest BCUT2D eigenvalue weighted by Crippen LogP contribution is -2.32. The molecule has 0 amide bonds. The number of hydrogen-bond donors (Lipinski definition) is 1. The van der Waals surface area contributed by atoms with Gasteiger partial charge in [-0.25, -0.2) is 0 Å². The third kappa shape index (κ3) is 4.94. The van der Waals surface area contributed by atoms with Crippen LogP contribution >= 0.6 is 0 Å². The molecule has 0 aromatic heterocycles. The van der Waals surface area contributed by atoms with Gasteiger partial charge in [-0.15, -0.1) is 0 Å². The Morgan fingerprint density at radius 2 is 2.21 bits per heavy atom. The molecule has 0 bridgehead atoms. The van der Waals surface area contributed by atoms with E-state index in [4.69, 9.17) is 4.74 Å². The van der Waals surface area contributed by atoms with Crippen molar-refractivity contribution < 1.29 is 4.74 Å². The predicted molar refractivity (Wildman–Crippen MR) is 79.3 cm³/mol. The van der Waals surface area contributed by atoms with Gasteiger partial charge in [0.2, 0.25) is 0 Å². The van der Waals surface area contributed by atoms with Crippen LogP contribution in [0.4, 0.5) is 0 Å². The highest BCUT2D eigenvalue weighted by molar-refractivity contribution is 5.25. The maximum Gasteiger partial charge on any atom is 0.0507 e. The van der Waals surface area contributed by atoms with Crippen LogP contribution in [0.2, 0.25) is 0 Å². The summed E-state index contributed by atoms with van der Waals surface area (Å²) >= 11 is 0. The molecule has 0 aliphatic carbocycles. The maximum absolute atomic E-state index is 5.38. The van der Waals surface area contributed by atoms with Gasteiger partial charge >= 0.3 is 0 Å². The monoisotopic (exact) mass is 262 g/mol. The Morgan fingerprint density at radius 3 is 2.95 bits per heavy atom. The van der Waals surface area contributed by atoms with E-state index in [1.165, 1.54) is 17.5 Å². The number of aryl methyl sites for hydroxylation is 1. The van der Waals surface area contributed by atoms with Gasteiger partial charge in [0.25, 0.3) is 0 Å². The van der Waals surface area contributed by atoms with E-state index in [1.54, 1.807) is 0 Å². The van der Waals surface area contributed by atoms with Crippen molar-refractivity contribution in [3.63, 3.8) is 0 Å². The Hall–Kier alpha value is -0.900. The molecule has 1 aromatic carbocycles. The number of benzene rings is 1. The van der Waals surface area contributed by atoms with Gasteiger partial charge in [-0.3, -0.25) is 0 Å². The minimum absolute atomic E-state index is 0.724. The summed E-state index contributed by atoms with van der Waals surface area (Å²) in [5.41, 5.74) is 2.81. The summed E-state index contributed by atoms with van der Waals surface area (Å²) in [6.07, 6.45) is 1.21. The van der Waals surface area contributed by atoms with Crippen molar-refractivity contribution in [2.75, 3.05) is 39.9 Å². The largest absolute Gasteiger partial charge is 0.381 e. The zero-order chi connectivity index (χ0) is 13.5. The topological polar surface area (TPSA) is 24.5 Å². The van der Waals surface area contributed by atoms with Crippen molar-refractivity contribution in [2.24, 2.45) is 5.92 Å². The average molecular weight is 262 g/mol. The van der Waals surface area contributed by atoms with Crippen LogP contribution in [0.15, 0.2) is 24.3 Å². The molecule has 1 fully saturated rings. The number of rotatable bonds is 7. The van der Waals surface area contributed by atoms with E-state index in [0.29, 0.717) is 0 Å². The summed E-state index contributed by atoms with van der Waals surface area (Å²) < 4.78 is 5.38. The minimum Gasteiger partial charge on any atom is -0.381 e. The SMILES string of the molecule is Cc1ccccc1CN(C)CCNCC1CCOC1. The normalized spacial score (nSPS) is 19.2. The molecule has 1 aliphatic heterocycles. The molecule has 0 saturated carbocycles. The highest BCUT2D eigenvalue weighted by Crippen LogP contribution is 2.11. The fraction of sp³-hybridized carbons (Fsp3) is 0.625. The van der Waals surface area contributed by atoms with Gasteiger partial charge in [0, 0.05) is 32.8 Å². The first-order valence-electron chi connectivity index (χ1n) is 7.27. The first-order chi connectivity index (χ1) is 9.25. The third-order valence-electron chi connectivity index (χ3n) is 3.83. The summed E-state index contributed by atoms with van der Waals surface area (Å²) in [7, 11) is 2.19. The van der Waals surface area contributed by atoms with Crippen LogP contribution in [0.5, 0.6) is 0 Å². The molecular weight excluding hydrogens is 236 g/mol. The fourth-order valence-electron chi connectivity index (χ4n) is 2.48. The van der Waals surface area contributed by atoms with Crippen LogP contribution in [0, 0.1) is 12.8 Å². The average Bonchev–Trinajstić information content (AvgIpc) is 2.91. The molecule has 1 aliphatic rings. The molecule has 2 rings (SSSR count). The molecule has 106 valence electrons. The molecule has 1 heterocycles. The highest BCUT2D eigenvalue weighted by atomic mass is 16.5. The zero-order valence-electron chi connectivity index (χ0n) is 12.2. The second-order valence-electron chi connectivity index (χ2n) is 5.60. The first kappa shape index (κ1) is 14.5. The van der Waals surface area contributed by atoms with Crippen molar-refractivity contribution in [1.29, 1.82) is 0 Å². The van der Waals surface area contributed by atoms with Crippen LogP contribution in [0.25, 0.3) is 0 Å². The molecule has 1 unspecified atom stereocenters. The number of nitrogens with one attached hydrogen (secondary N) is 1. The smallest absolute Gasteiger partial charge is 0.0507 e. The quantitative estimate of drug-likeness (QED) is 0.761. The van der Waals surface area contributed by atoms with Crippen molar-refractivity contribution in [2.45, 2.75) is 19.9 Å². The highest BCUT2D eigenvalue weighted by Gasteiger charge is 2.14. The summed E-state index contributed by atoms with van der Waals surface area (Å²) in [6.45, 7) is 8.33. The van der Waals surface area contributed by atoms with Crippen LogP contribution in [-0.2, 0) is 11.3 Å². The number of nitrogens with zero attached hydrogens (tertiary/aromatic N) is 1. The molecule has 1 saturated heterocycles. The van der Waals surface area contributed by atoms with Gasteiger partial charge in [0.05, 0.1) is 6.61 Å². The Balaban J connectivity index is 1.61. The van der Waals surface area contributed by atoms with Crippen LogP contribution in [-0.4, -0.2) is 44.8 Å². The van der Waals surface area contributed by atoms with Crippen molar-refractivity contribution in [3.05, 3.63) is 35.4 Å². The van der Waals surface area contributed by atoms with Crippen LogP contribution in [0.1, 0.15) is 17.5 Å². The van der Waals surface area contributed by atoms with Gasteiger partial charge in [-0.1, -0.05) is 24.3 Å². The second-order valence-corrected chi connectivity index (χ2v) is 5.60. The van der Waals surface area contributed by atoms with E-state index in [9.17, 15) is 0 Å². The molecule has 1 N–H and O–H groups in total. The Morgan fingerprint density at radius 1 is 1.37 bits per heavy atom. The third-order valence-corrected chi connectivity index (χ3v) is 3.83. The molecule has 19 heavy (non-hydrogen) atoms. The standard InChI is InChI=1S/C16H26N2O/c1-14-5-3-4-6-16(14)12-18(2)9-8-17-11-15-7-10-19-13-15/h3-6,15,17H,7-13H2,1-2H3. The summed E-state index contributed by atoms with van der Waals surface area (Å²) in [5.74, 6) is 0.724. The number of likely N-dealkylation sites (N-methyl/N-ethyl adjacent to an activating group) is 1. The molecule has 1 atom stereocenters. The molecule has 0 radical (unpaired) electrons. The Kier molecular flexibility index (Phi) is 5.83. The summed E-state index contributed by atoms with van der Waals surface area (Å²) in [5, 5.41) is 3.54. The molecule has 3 nitrogen and oxygen atoms in total. The Bertz CT molecular complexity index is 375.